The summed E-state index contributed by atoms with van der Waals surface area (Å²) in [5.74, 6) is -1.39. The van der Waals surface area contributed by atoms with Crippen molar-refractivity contribution in [1.29, 1.82) is 0 Å². The summed E-state index contributed by atoms with van der Waals surface area (Å²) in [4.78, 5) is 30.3. The van der Waals surface area contributed by atoms with Gasteiger partial charge in [-0.25, -0.2) is 0 Å². The molecule has 6 nitrogen and oxygen atoms in total. The second kappa shape index (κ2) is 9.94. The molecule has 0 bridgehead atoms. The van der Waals surface area contributed by atoms with Crippen LogP contribution in [-0.2, 0) is 15.0 Å². The van der Waals surface area contributed by atoms with Crippen LogP contribution in [0.5, 0.6) is 5.75 Å². The van der Waals surface area contributed by atoms with Crippen molar-refractivity contribution >= 4 is 40.4 Å². The van der Waals surface area contributed by atoms with Gasteiger partial charge >= 0.3 is 0 Å². The zero-order valence-electron chi connectivity index (χ0n) is 21.9. The molecule has 1 heterocycles. The number of amides is 1. The van der Waals surface area contributed by atoms with Crippen LogP contribution in [-0.4, -0.2) is 38.0 Å². The first-order chi connectivity index (χ1) is 17.4. The van der Waals surface area contributed by atoms with Crippen LogP contribution < -0.4 is 14.5 Å². The van der Waals surface area contributed by atoms with E-state index in [0.29, 0.717) is 27.6 Å². The van der Waals surface area contributed by atoms with Crippen molar-refractivity contribution in [2.75, 3.05) is 31.0 Å². The second-order valence-electron chi connectivity index (χ2n) is 10.3. The van der Waals surface area contributed by atoms with E-state index in [1.807, 2.05) is 67.5 Å². The molecule has 3 aromatic rings. The van der Waals surface area contributed by atoms with Gasteiger partial charge in [0.1, 0.15) is 11.5 Å². The smallest absolute Gasteiger partial charge is 0.300 e. The maximum absolute atomic E-state index is 13.4. The molecule has 7 heteroatoms. The molecule has 3 aromatic carbocycles. The van der Waals surface area contributed by atoms with Gasteiger partial charge in [0.25, 0.3) is 11.7 Å². The molecule has 1 N–H and O–H groups in total. The molecule has 37 heavy (non-hydrogen) atoms. The van der Waals surface area contributed by atoms with Gasteiger partial charge in [0, 0.05) is 31.0 Å². The van der Waals surface area contributed by atoms with Crippen molar-refractivity contribution < 1.29 is 19.4 Å². The lowest BCUT2D eigenvalue weighted by atomic mass is 9.87. The van der Waals surface area contributed by atoms with Crippen LogP contribution in [0, 0.1) is 0 Å². The van der Waals surface area contributed by atoms with Crippen LogP contribution in [0.4, 0.5) is 11.4 Å². The third kappa shape index (κ3) is 4.94. The summed E-state index contributed by atoms with van der Waals surface area (Å²) in [7, 11) is 5.34. The number of aliphatic hydroxyl groups excluding tert-OH is 1. The number of methoxy groups -OCH3 is 1. The minimum Gasteiger partial charge on any atom is -0.507 e. The lowest BCUT2D eigenvalue weighted by Gasteiger charge is -2.27. The van der Waals surface area contributed by atoms with Gasteiger partial charge in [-0.2, -0.15) is 0 Å². The maximum Gasteiger partial charge on any atom is 0.300 e. The minimum atomic E-state index is -0.821. The highest BCUT2D eigenvalue weighted by Crippen LogP contribution is 2.43. The second-order valence-corrected chi connectivity index (χ2v) is 10.7. The van der Waals surface area contributed by atoms with E-state index in [4.69, 9.17) is 16.3 Å². The normalized spacial score (nSPS) is 17.3. The number of benzene rings is 3. The van der Waals surface area contributed by atoms with Gasteiger partial charge in [-0.1, -0.05) is 56.6 Å². The number of nitrogens with zero attached hydrogens (tertiary/aromatic N) is 2. The monoisotopic (exact) mass is 518 g/mol. The first-order valence-electron chi connectivity index (χ1n) is 12.0. The van der Waals surface area contributed by atoms with Crippen molar-refractivity contribution in [2.24, 2.45) is 0 Å². The van der Waals surface area contributed by atoms with Crippen molar-refractivity contribution in [2.45, 2.75) is 32.2 Å². The van der Waals surface area contributed by atoms with E-state index in [1.54, 1.807) is 18.2 Å². The molecule has 1 aliphatic heterocycles. The van der Waals surface area contributed by atoms with E-state index in [-0.39, 0.29) is 16.7 Å². The van der Waals surface area contributed by atoms with Crippen LogP contribution in [0.15, 0.2) is 72.3 Å². The van der Waals surface area contributed by atoms with Crippen LogP contribution in [0.1, 0.15) is 43.5 Å². The average Bonchev–Trinajstić information content (AvgIpc) is 3.13. The highest BCUT2D eigenvalue weighted by atomic mass is 35.5. The fourth-order valence-electron chi connectivity index (χ4n) is 4.45. The van der Waals surface area contributed by atoms with Gasteiger partial charge in [-0.3, -0.25) is 14.5 Å². The molecule has 0 saturated carbocycles. The van der Waals surface area contributed by atoms with Crippen molar-refractivity contribution in [1.82, 2.24) is 0 Å². The predicted octanol–water partition coefficient (Wildman–Crippen LogP) is 6.34. The number of anilines is 2. The van der Waals surface area contributed by atoms with E-state index in [0.717, 1.165) is 11.3 Å². The molecule has 0 aromatic heterocycles. The average molecular weight is 519 g/mol. The number of Topliss-reactive ketones (excluding diaryl/α,β-unsaturated/α-hetero) is 1. The number of rotatable bonds is 5. The fourth-order valence-corrected chi connectivity index (χ4v) is 4.65. The van der Waals surface area contributed by atoms with Gasteiger partial charge < -0.3 is 14.7 Å². The Kier molecular flexibility index (Phi) is 7.07. The molecule has 1 fully saturated rings. The number of aliphatic hydroxyl groups is 1. The van der Waals surface area contributed by atoms with E-state index >= 15 is 0 Å². The topological polar surface area (TPSA) is 70.1 Å². The third-order valence-electron chi connectivity index (χ3n) is 6.61. The molecule has 192 valence electrons. The number of halogens is 1. The van der Waals surface area contributed by atoms with E-state index < -0.39 is 17.7 Å². The molecular weight excluding hydrogens is 488 g/mol. The summed E-state index contributed by atoms with van der Waals surface area (Å²) >= 11 is 6.17. The van der Waals surface area contributed by atoms with Gasteiger partial charge in [0.05, 0.1) is 23.7 Å². The predicted molar refractivity (Wildman–Crippen MR) is 149 cm³/mol. The molecule has 0 aliphatic carbocycles. The number of ketones is 1. The highest BCUT2D eigenvalue weighted by molar-refractivity contribution is 6.51. The number of ether oxygens (including phenoxy) is 1. The number of hydrogen-bond donors (Lipinski definition) is 1. The van der Waals surface area contributed by atoms with Crippen LogP contribution in [0.2, 0.25) is 5.02 Å². The van der Waals surface area contributed by atoms with Crippen molar-refractivity contribution in [3.63, 3.8) is 0 Å². The number of carbonyl (C=O) groups is 2. The molecule has 1 amide bonds. The van der Waals surface area contributed by atoms with Gasteiger partial charge in [0.15, 0.2) is 0 Å². The van der Waals surface area contributed by atoms with Gasteiger partial charge in [-0.15, -0.1) is 0 Å². The first kappa shape index (κ1) is 26.3. The minimum absolute atomic E-state index is 0.00637. The lowest BCUT2D eigenvalue weighted by molar-refractivity contribution is -0.132. The fraction of sp³-hybridized carbons (Fsp3) is 0.267. The van der Waals surface area contributed by atoms with Crippen LogP contribution >= 0.6 is 11.6 Å². The zero-order valence-corrected chi connectivity index (χ0v) is 22.6. The summed E-state index contributed by atoms with van der Waals surface area (Å²) in [6.07, 6.45) is 0. The summed E-state index contributed by atoms with van der Waals surface area (Å²) < 4.78 is 5.29. The molecule has 1 unspecified atom stereocenters. The summed E-state index contributed by atoms with van der Waals surface area (Å²) in [6.45, 7) is 6.34. The Morgan fingerprint density at radius 1 is 0.973 bits per heavy atom. The first-order valence-corrected chi connectivity index (χ1v) is 12.3. The van der Waals surface area contributed by atoms with E-state index in [1.165, 1.54) is 12.0 Å². The van der Waals surface area contributed by atoms with E-state index in [9.17, 15) is 14.7 Å². The maximum atomic E-state index is 13.4. The largest absolute Gasteiger partial charge is 0.507 e. The Morgan fingerprint density at radius 3 is 2.14 bits per heavy atom. The number of hydrogen-bond acceptors (Lipinski definition) is 5. The van der Waals surface area contributed by atoms with Crippen LogP contribution in [0.3, 0.4) is 0 Å². The highest BCUT2D eigenvalue weighted by Gasteiger charge is 2.47. The SMILES string of the molecule is COc1cc(/C(O)=C2/C(=O)C(=O)N(c3ccc(C(C)(C)C)cc3)C2c2ccc(N(C)C)cc2)ccc1Cl. The molecule has 0 spiro atoms. The quantitative estimate of drug-likeness (QED) is 0.242. The summed E-state index contributed by atoms with van der Waals surface area (Å²) in [5.41, 5.74) is 3.62. The van der Waals surface area contributed by atoms with Crippen molar-refractivity contribution in [3.05, 3.63) is 94.0 Å². The summed E-state index contributed by atoms with van der Waals surface area (Å²) in [6, 6.07) is 19.1. The molecular formula is C30H31ClN2O4. The van der Waals surface area contributed by atoms with Crippen LogP contribution in [0.25, 0.3) is 5.76 Å². The Balaban J connectivity index is 1.91. The van der Waals surface area contributed by atoms with Gasteiger partial charge in [-0.05, 0) is 59.0 Å². The lowest BCUT2D eigenvalue weighted by Crippen LogP contribution is -2.29. The standard InChI is InChI=1S/C30H31ClN2O4/c1-30(2,3)20-10-14-22(15-11-20)33-26(18-7-12-21(13-8-18)32(4)5)25(28(35)29(33)36)27(34)19-9-16-23(31)24(17-19)37-6/h7-17,26,34H,1-6H3/b27-25-. The number of carbonyl (C=O) groups excluding carboxylic acids is 2. The Labute approximate surface area is 222 Å². The Morgan fingerprint density at radius 2 is 1.59 bits per heavy atom. The Hall–Kier alpha value is -3.77. The van der Waals surface area contributed by atoms with E-state index in [2.05, 4.69) is 20.8 Å². The zero-order chi connectivity index (χ0) is 27.1. The molecule has 4 rings (SSSR count). The molecule has 1 saturated heterocycles. The third-order valence-corrected chi connectivity index (χ3v) is 6.92. The van der Waals surface area contributed by atoms with Crippen molar-refractivity contribution in [3.8, 4) is 5.75 Å². The summed E-state index contributed by atoms with van der Waals surface area (Å²) in [5, 5.41) is 11.8. The van der Waals surface area contributed by atoms with Gasteiger partial charge in [0.2, 0.25) is 0 Å². The Bertz CT molecular complexity index is 1370. The molecule has 1 atom stereocenters. The molecule has 1 aliphatic rings. The molecule has 0 radical (unpaired) electrons.